The molecule has 4 heteroatoms. The summed E-state index contributed by atoms with van der Waals surface area (Å²) >= 11 is 0. The molecule has 0 atom stereocenters. The molecule has 0 amide bonds. The van der Waals surface area contributed by atoms with Crippen molar-refractivity contribution in [3.05, 3.63) is 218 Å². The second-order valence-electron chi connectivity index (χ2n) is 16.5. The van der Waals surface area contributed by atoms with Crippen LogP contribution < -0.4 is 0 Å². The maximum Gasteiger partial charge on any atom is 0.0562 e. The van der Waals surface area contributed by atoms with Gasteiger partial charge in [-0.2, -0.15) is 0 Å². The van der Waals surface area contributed by atoms with E-state index in [-0.39, 0.29) is 0 Å². The van der Waals surface area contributed by atoms with Gasteiger partial charge >= 0.3 is 0 Å². The van der Waals surface area contributed by atoms with E-state index in [9.17, 15) is 0 Å². The zero-order chi connectivity index (χ0) is 40.5. The van der Waals surface area contributed by atoms with E-state index in [1.807, 2.05) is 0 Å². The largest absolute Gasteiger partial charge is 0.309 e. The predicted octanol–water partition coefficient (Wildman–Crippen LogP) is 15.2. The summed E-state index contributed by atoms with van der Waals surface area (Å²) in [6, 6.07) is 80.2. The second-order valence-corrected chi connectivity index (χ2v) is 16.5. The molecule has 14 aromatic rings. The van der Waals surface area contributed by atoms with Crippen LogP contribution in [-0.2, 0) is 0 Å². The fourth-order valence-corrected chi connectivity index (χ4v) is 10.8. The summed E-state index contributed by atoms with van der Waals surface area (Å²) in [6.45, 7) is 0. The van der Waals surface area contributed by atoms with Gasteiger partial charge in [0.25, 0.3) is 0 Å². The van der Waals surface area contributed by atoms with Gasteiger partial charge in [-0.25, -0.2) is 0 Å². The van der Waals surface area contributed by atoms with Gasteiger partial charge in [0.1, 0.15) is 0 Å². The number of hydrogen-bond donors (Lipinski definition) is 0. The minimum absolute atomic E-state index is 1.14. The van der Waals surface area contributed by atoms with Crippen molar-refractivity contribution in [2.24, 2.45) is 0 Å². The Hall–Kier alpha value is -8.34. The molecule has 0 saturated heterocycles. The third-order valence-electron chi connectivity index (χ3n) is 13.3. The van der Waals surface area contributed by atoms with Gasteiger partial charge in [-0.15, -0.1) is 0 Å². The lowest BCUT2D eigenvalue weighted by Crippen LogP contribution is -1.97. The Morgan fingerprint density at radius 2 is 0.500 bits per heavy atom. The normalized spacial score (nSPS) is 12.2. The fourth-order valence-electron chi connectivity index (χ4n) is 10.8. The molecule has 0 aliphatic carbocycles. The Morgan fingerprint density at radius 3 is 0.855 bits per heavy atom. The van der Waals surface area contributed by atoms with Gasteiger partial charge < -0.3 is 18.3 Å². The van der Waals surface area contributed by atoms with E-state index < -0.39 is 0 Å². The topological polar surface area (TPSA) is 19.7 Å². The molecule has 0 saturated carbocycles. The first-order chi connectivity index (χ1) is 30.8. The van der Waals surface area contributed by atoms with Crippen LogP contribution in [0.15, 0.2) is 218 Å². The molecule has 0 aliphatic rings. The number of aromatic nitrogens is 4. The van der Waals surface area contributed by atoms with Gasteiger partial charge in [0.2, 0.25) is 0 Å². The molecular weight excluding hydrogens is 753 g/mol. The van der Waals surface area contributed by atoms with E-state index in [1.54, 1.807) is 0 Å². The summed E-state index contributed by atoms with van der Waals surface area (Å²) in [5.74, 6) is 0. The molecule has 0 N–H and O–H groups in total. The third kappa shape index (κ3) is 4.50. The quantitative estimate of drug-likeness (QED) is 0.169. The van der Waals surface area contributed by atoms with Crippen molar-refractivity contribution in [2.45, 2.75) is 0 Å². The standard InChI is InChI=1S/C58H36N4/c1-7-21-47-41(15-1)42-16-2-8-22-48(42)61(47)55-29-13-27-53-57(55)45-19-5-11-25-51(45)59(53)39-33-31-38-36-40(34-32-37(38)35-39)60-52-26-12-6-20-46(52)58-54(60)28-14-30-56(58)62-49-23-9-3-17-43(49)44-18-4-10-24-50(44)62/h1-36H. The lowest BCUT2D eigenvalue weighted by atomic mass is 10.1. The average Bonchev–Trinajstić information content (AvgIpc) is 4.06. The minimum Gasteiger partial charge on any atom is -0.309 e. The summed E-state index contributed by atoms with van der Waals surface area (Å²) in [4.78, 5) is 0. The lowest BCUT2D eigenvalue weighted by molar-refractivity contribution is 1.17. The van der Waals surface area contributed by atoms with Gasteiger partial charge in [-0.3, -0.25) is 0 Å². The SMILES string of the molecule is c1ccc2c(c1)c1ccccc1n2-c1cccc2c1c1ccccc1n2-c1ccc2cc(-n3c4ccccc4c4c(-n5c6ccccc6c6ccccc65)cccc43)ccc2c1. The highest BCUT2D eigenvalue weighted by Gasteiger charge is 2.22. The van der Waals surface area contributed by atoms with Gasteiger partial charge in [0, 0.05) is 54.5 Å². The summed E-state index contributed by atoms with van der Waals surface area (Å²) in [7, 11) is 0. The van der Waals surface area contributed by atoms with E-state index in [0.717, 1.165) is 11.4 Å². The first-order valence-electron chi connectivity index (χ1n) is 21.4. The molecule has 0 aliphatic heterocycles. The van der Waals surface area contributed by atoms with Crippen LogP contribution in [0, 0.1) is 0 Å². The lowest BCUT2D eigenvalue weighted by Gasteiger charge is -2.13. The number of para-hydroxylation sites is 6. The monoisotopic (exact) mass is 788 g/mol. The summed E-state index contributed by atoms with van der Waals surface area (Å²) in [5, 5.41) is 12.4. The number of rotatable bonds is 4. The zero-order valence-electron chi connectivity index (χ0n) is 33.6. The molecule has 14 rings (SSSR count). The Kier molecular flexibility index (Phi) is 6.80. The molecule has 0 spiro atoms. The molecule has 10 aromatic carbocycles. The first-order valence-corrected chi connectivity index (χ1v) is 21.4. The predicted molar refractivity (Wildman–Crippen MR) is 261 cm³/mol. The molecule has 4 heterocycles. The maximum atomic E-state index is 2.45. The number of nitrogens with zero attached hydrogens (tertiary/aromatic N) is 4. The van der Waals surface area contributed by atoms with E-state index in [0.29, 0.717) is 0 Å². The van der Waals surface area contributed by atoms with Crippen LogP contribution in [0.25, 0.3) is 121 Å². The van der Waals surface area contributed by atoms with Crippen molar-refractivity contribution in [3.8, 4) is 22.7 Å². The Bertz CT molecular complexity index is 3790. The van der Waals surface area contributed by atoms with E-state index in [2.05, 4.69) is 237 Å². The highest BCUT2D eigenvalue weighted by molar-refractivity contribution is 6.18. The summed E-state index contributed by atoms with van der Waals surface area (Å²) < 4.78 is 9.79. The van der Waals surface area contributed by atoms with E-state index >= 15 is 0 Å². The molecule has 288 valence electrons. The van der Waals surface area contributed by atoms with E-state index in [4.69, 9.17) is 0 Å². The maximum absolute atomic E-state index is 2.45. The Morgan fingerprint density at radius 1 is 0.210 bits per heavy atom. The van der Waals surface area contributed by atoms with Crippen LogP contribution in [0.4, 0.5) is 0 Å². The highest BCUT2D eigenvalue weighted by Crippen LogP contribution is 2.42. The number of benzene rings is 10. The molecule has 0 fully saturated rings. The third-order valence-corrected chi connectivity index (χ3v) is 13.3. The van der Waals surface area contributed by atoms with Crippen LogP contribution in [0.3, 0.4) is 0 Å². The highest BCUT2D eigenvalue weighted by atomic mass is 15.0. The first kappa shape index (κ1) is 33.5. The molecule has 62 heavy (non-hydrogen) atoms. The van der Waals surface area contributed by atoms with Gasteiger partial charge in [-0.05, 0) is 95.7 Å². The van der Waals surface area contributed by atoms with Crippen LogP contribution in [0.1, 0.15) is 0 Å². The van der Waals surface area contributed by atoms with Gasteiger partial charge in [-0.1, -0.05) is 133 Å². The minimum atomic E-state index is 1.14. The van der Waals surface area contributed by atoms with Crippen molar-refractivity contribution in [1.29, 1.82) is 0 Å². The molecule has 4 nitrogen and oxygen atoms in total. The van der Waals surface area contributed by atoms with Crippen LogP contribution >= 0.6 is 0 Å². The second kappa shape index (κ2) is 12.6. The van der Waals surface area contributed by atoms with Gasteiger partial charge in [0.05, 0.1) is 55.5 Å². The average molecular weight is 789 g/mol. The smallest absolute Gasteiger partial charge is 0.0562 e. The van der Waals surface area contributed by atoms with Crippen molar-refractivity contribution >= 4 is 98.0 Å². The van der Waals surface area contributed by atoms with Crippen LogP contribution in [0.2, 0.25) is 0 Å². The van der Waals surface area contributed by atoms with E-state index in [1.165, 1.54) is 109 Å². The Balaban J connectivity index is 0.952. The summed E-state index contributed by atoms with van der Waals surface area (Å²) in [5.41, 5.74) is 14.3. The molecule has 0 unspecified atom stereocenters. The molecular formula is C58H36N4. The fraction of sp³-hybridized carbons (Fsp3) is 0. The van der Waals surface area contributed by atoms with Crippen LogP contribution in [0.5, 0.6) is 0 Å². The molecule has 0 radical (unpaired) electrons. The van der Waals surface area contributed by atoms with Crippen molar-refractivity contribution in [3.63, 3.8) is 0 Å². The molecule has 4 aromatic heterocycles. The number of hydrogen-bond acceptors (Lipinski definition) is 0. The van der Waals surface area contributed by atoms with Crippen molar-refractivity contribution in [1.82, 2.24) is 18.3 Å². The number of fused-ring (bicyclic) bond motifs is 13. The Labute approximate surface area is 355 Å². The van der Waals surface area contributed by atoms with Crippen molar-refractivity contribution in [2.75, 3.05) is 0 Å². The molecule has 0 bridgehead atoms. The zero-order valence-corrected chi connectivity index (χ0v) is 33.6. The summed E-state index contributed by atoms with van der Waals surface area (Å²) in [6.07, 6.45) is 0. The van der Waals surface area contributed by atoms with Crippen molar-refractivity contribution < 1.29 is 0 Å². The van der Waals surface area contributed by atoms with Crippen LogP contribution in [-0.4, -0.2) is 18.3 Å². The van der Waals surface area contributed by atoms with Gasteiger partial charge in [0.15, 0.2) is 0 Å².